The molecule has 11 heteroatoms. The fraction of sp³-hybridized carbons (Fsp3) is 0.692. The number of guanidine groups is 1. The van der Waals surface area contributed by atoms with E-state index in [9.17, 15) is 14.4 Å². The number of aliphatic imine (C=N–C) groups is 1. The summed E-state index contributed by atoms with van der Waals surface area (Å²) in [5.74, 6) is -2.89. The third-order valence-corrected chi connectivity index (χ3v) is 2.76. The molecule has 0 unspecified atom stereocenters. The maximum absolute atomic E-state index is 10.2. The topological polar surface area (TPSA) is 228 Å². The van der Waals surface area contributed by atoms with Gasteiger partial charge in [0.25, 0.3) is 0 Å². The van der Waals surface area contributed by atoms with Crippen molar-refractivity contribution in [2.24, 2.45) is 27.9 Å². The molecule has 0 spiro atoms. The second-order valence-corrected chi connectivity index (χ2v) is 4.98. The molecule has 0 aliphatic heterocycles. The van der Waals surface area contributed by atoms with Crippen LogP contribution in [-0.2, 0) is 14.4 Å². The van der Waals surface area contributed by atoms with Gasteiger partial charge in [0, 0.05) is 13.0 Å². The van der Waals surface area contributed by atoms with E-state index in [1.54, 1.807) is 0 Å². The average Bonchev–Trinajstić information content (AvgIpc) is 2.47. The van der Waals surface area contributed by atoms with Crippen LogP contribution in [0.1, 0.15) is 38.5 Å². The number of hydrogen-bond donors (Lipinski definition) is 7. The molecule has 0 aromatic rings. The van der Waals surface area contributed by atoms with Gasteiger partial charge in [0.2, 0.25) is 0 Å². The molecular formula is C13H27N5O6. The summed E-state index contributed by atoms with van der Waals surface area (Å²) in [7, 11) is 0. The second kappa shape index (κ2) is 14.2. The van der Waals surface area contributed by atoms with E-state index in [1.165, 1.54) is 0 Å². The lowest BCUT2D eigenvalue weighted by Gasteiger charge is -2.03. The lowest BCUT2D eigenvalue weighted by atomic mass is 10.1. The van der Waals surface area contributed by atoms with Crippen molar-refractivity contribution < 1.29 is 29.7 Å². The molecule has 2 atom stereocenters. The smallest absolute Gasteiger partial charge is 0.320 e. The van der Waals surface area contributed by atoms with E-state index in [1.807, 2.05) is 0 Å². The minimum absolute atomic E-state index is 0.0129. The van der Waals surface area contributed by atoms with Crippen LogP contribution in [-0.4, -0.2) is 57.8 Å². The molecule has 0 radical (unpaired) electrons. The van der Waals surface area contributed by atoms with Gasteiger partial charge in [-0.3, -0.25) is 19.4 Å². The number of carbonyl (C=O) groups is 3. The van der Waals surface area contributed by atoms with Crippen LogP contribution in [0.2, 0.25) is 0 Å². The van der Waals surface area contributed by atoms with Crippen LogP contribution < -0.4 is 22.9 Å². The second-order valence-electron chi connectivity index (χ2n) is 4.98. The van der Waals surface area contributed by atoms with E-state index < -0.39 is 30.0 Å². The minimum Gasteiger partial charge on any atom is -0.481 e. The molecule has 0 aliphatic carbocycles. The van der Waals surface area contributed by atoms with Gasteiger partial charge >= 0.3 is 17.9 Å². The lowest BCUT2D eigenvalue weighted by molar-refractivity contribution is -0.139. The normalized spacial score (nSPS) is 12.2. The zero-order chi connectivity index (χ0) is 19.1. The van der Waals surface area contributed by atoms with E-state index >= 15 is 0 Å². The molecule has 0 rings (SSSR count). The van der Waals surface area contributed by atoms with E-state index in [2.05, 4.69) is 4.99 Å². The van der Waals surface area contributed by atoms with Gasteiger partial charge in [0.05, 0.1) is 0 Å². The molecule has 0 aliphatic rings. The molecule has 0 saturated heterocycles. The van der Waals surface area contributed by atoms with Crippen LogP contribution >= 0.6 is 0 Å². The van der Waals surface area contributed by atoms with Crippen molar-refractivity contribution in [1.82, 2.24) is 0 Å². The van der Waals surface area contributed by atoms with Gasteiger partial charge in [-0.1, -0.05) is 6.42 Å². The first-order valence-electron chi connectivity index (χ1n) is 7.31. The van der Waals surface area contributed by atoms with Crippen LogP contribution in [0.15, 0.2) is 4.99 Å². The maximum atomic E-state index is 10.2. The van der Waals surface area contributed by atoms with E-state index in [0.717, 1.165) is 0 Å². The van der Waals surface area contributed by atoms with Crippen molar-refractivity contribution in [2.75, 3.05) is 6.54 Å². The van der Waals surface area contributed by atoms with E-state index in [0.29, 0.717) is 38.6 Å². The van der Waals surface area contributed by atoms with Crippen LogP contribution in [0.25, 0.3) is 0 Å². The molecule has 11 nitrogen and oxygen atoms in total. The maximum Gasteiger partial charge on any atom is 0.320 e. The first kappa shape index (κ1) is 23.9. The van der Waals surface area contributed by atoms with Gasteiger partial charge in [-0.05, 0) is 25.7 Å². The SMILES string of the molecule is NC(N)=NCCC[C@H](N)C(=O)O.N[C@@H](CCCCC(=O)O)C(=O)O. The number of aliphatic carboxylic acids is 3. The standard InChI is InChI=1S/C7H13NO4.C6H14N4O2/c8-5(7(11)12)3-1-2-4-6(9)10;7-4(5(11)12)2-1-3-10-6(8)9/h5H,1-4,8H2,(H,9,10)(H,11,12);4H,1-3,7H2,(H,11,12)(H4,8,9,10)/t5-;4-/m00/s1. The van der Waals surface area contributed by atoms with Crippen LogP contribution in [0.5, 0.6) is 0 Å². The number of rotatable bonds is 11. The summed E-state index contributed by atoms with van der Waals surface area (Å²) in [5, 5.41) is 25.0. The van der Waals surface area contributed by atoms with Crippen LogP contribution in [0, 0.1) is 0 Å². The molecule has 0 aromatic carbocycles. The molecule has 0 heterocycles. The van der Waals surface area contributed by atoms with Gasteiger partial charge in [0.1, 0.15) is 12.1 Å². The Balaban J connectivity index is 0. The van der Waals surface area contributed by atoms with Crippen LogP contribution in [0.4, 0.5) is 0 Å². The van der Waals surface area contributed by atoms with Crippen LogP contribution in [0.3, 0.4) is 0 Å². The number of hydrogen-bond acceptors (Lipinski definition) is 6. The Kier molecular flexibility index (Phi) is 14.1. The quantitative estimate of drug-likeness (QED) is 0.129. The van der Waals surface area contributed by atoms with Crippen molar-refractivity contribution >= 4 is 23.9 Å². The van der Waals surface area contributed by atoms with Gasteiger partial charge < -0.3 is 38.3 Å². The summed E-state index contributed by atoms with van der Waals surface area (Å²) in [5.41, 5.74) is 20.5. The summed E-state index contributed by atoms with van der Waals surface area (Å²) in [6.45, 7) is 0.420. The lowest BCUT2D eigenvalue weighted by Crippen LogP contribution is -2.30. The third-order valence-electron chi connectivity index (χ3n) is 2.76. The van der Waals surface area contributed by atoms with Gasteiger partial charge in [0.15, 0.2) is 5.96 Å². The highest BCUT2D eigenvalue weighted by atomic mass is 16.4. The highest BCUT2D eigenvalue weighted by Gasteiger charge is 2.10. The van der Waals surface area contributed by atoms with Crippen molar-refractivity contribution in [3.63, 3.8) is 0 Å². The molecule has 0 saturated carbocycles. The summed E-state index contributed by atoms with van der Waals surface area (Å²) in [4.78, 5) is 34.1. The monoisotopic (exact) mass is 349 g/mol. The first-order valence-corrected chi connectivity index (χ1v) is 7.31. The van der Waals surface area contributed by atoms with Crippen molar-refractivity contribution in [3.8, 4) is 0 Å². The molecule has 140 valence electrons. The first-order chi connectivity index (χ1) is 11.1. The highest BCUT2D eigenvalue weighted by molar-refractivity contribution is 5.75. The Morgan fingerprint density at radius 1 is 0.833 bits per heavy atom. The zero-order valence-corrected chi connectivity index (χ0v) is 13.4. The summed E-state index contributed by atoms with van der Waals surface area (Å²) < 4.78 is 0. The van der Waals surface area contributed by atoms with Gasteiger partial charge in [-0.15, -0.1) is 0 Å². The minimum atomic E-state index is -1.04. The predicted octanol–water partition coefficient (Wildman–Crippen LogP) is -1.50. The summed E-state index contributed by atoms with van der Waals surface area (Å²) in [6, 6.07) is -1.68. The molecule has 0 aromatic heterocycles. The number of nitrogens with two attached hydrogens (primary N) is 4. The Bertz CT molecular complexity index is 425. The van der Waals surface area contributed by atoms with E-state index in [-0.39, 0.29) is 12.4 Å². The van der Waals surface area contributed by atoms with Gasteiger partial charge in [-0.2, -0.15) is 0 Å². The number of carboxylic acid groups (broad SMARTS) is 3. The Morgan fingerprint density at radius 3 is 1.67 bits per heavy atom. The summed E-state index contributed by atoms with van der Waals surface area (Å²) in [6.07, 6.45) is 2.39. The average molecular weight is 349 g/mol. The molecule has 0 amide bonds. The highest BCUT2D eigenvalue weighted by Crippen LogP contribution is 2.02. The molecule has 11 N–H and O–H groups in total. The number of nitrogens with zero attached hydrogens (tertiary/aromatic N) is 1. The zero-order valence-electron chi connectivity index (χ0n) is 13.4. The Hall–Kier alpha value is -2.40. The third kappa shape index (κ3) is 17.7. The number of unbranched alkanes of at least 4 members (excludes halogenated alkanes) is 1. The largest absolute Gasteiger partial charge is 0.481 e. The van der Waals surface area contributed by atoms with E-state index in [4.69, 9.17) is 38.3 Å². The predicted molar refractivity (Wildman–Crippen MR) is 87.2 cm³/mol. The molecule has 0 bridgehead atoms. The molecule has 24 heavy (non-hydrogen) atoms. The molecular weight excluding hydrogens is 322 g/mol. The fourth-order valence-corrected chi connectivity index (χ4v) is 1.41. The Morgan fingerprint density at radius 2 is 1.29 bits per heavy atom. The van der Waals surface area contributed by atoms with Crippen molar-refractivity contribution in [1.29, 1.82) is 0 Å². The van der Waals surface area contributed by atoms with Gasteiger partial charge in [-0.25, -0.2) is 0 Å². The number of carboxylic acids is 3. The van der Waals surface area contributed by atoms with Crippen molar-refractivity contribution in [2.45, 2.75) is 50.6 Å². The molecule has 0 fully saturated rings. The summed E-state index contributed by atoms with van der Waals surface area (Å²) >= 11 is 0. The Labute approximate surface area is 139 Å². The fourth-order valence-electron chi connectivity index (χ4n) is 1.41. The van der Waals surface area contributed by atoms with Crippen molar-refractivity contribution in [3.05, 3.63) is 0 Å².